The average molecular weight is 472 g/mol. The van der Waals surface area contributed by atoms with Crippen LogP contribution in [0.3, 0.4) is 0 Å². The number of benzene rings is 2. The molecular formula is C26H28F3N3O2. The number of alkyl halides is 3. The van der Waals surface area contributed by atoms with Gasteiger partial charge in [-0.3, -0.25) is 4.79 Å². The lowest BCUT2D eigenvalue weighted by molar-refractivity contribution is -0.137. The summed E-state index contributed by atoms with van der Waals surface area (Å²) in [5, 5.41) is 19.1. The minimum atomic E-state index is -4.59. The number of hydrogen-bond acceptors (Lipinski definition) is 4. The van der Waals surface area contributed by atoms with Gasteiger partial charge >= 0.3 is 6.18 Å². The SMILES string of the molecule is Cc1ccc(CC(=O)N2CC(CO)C3(CCN(c4ccc(C#N)c(C(F)(F)F)c4)CC3)C2)cc1. The third kappa shape index (κ3) is 4.76. The molecule has 1 spiro atoms. The van der Waals surface area contributed by atoms with Crippen LogP contribution in [0.25, 0.3) is 0 Å². The fraction of sp³-hybridized carbons (Fsp3) is 0.462. The van der Waals surface area contributed by atoms with E-state index in [1.54, 1.807) is 12.1 Å². The van der Waals surface area contributed by atoms with Gasteiger partial charge in [0.2, 0.25) is 5.91 Å². The van der Waals surface area contributed by atoms with Crippen LogP contribution in [0, 0.1) is 29.6 Å². The van der Waals surface area contributed by atoms with Gasteiger partial charge in [0, 0.05) is 44.4 Å². The second-order valence-electron chi connectivity index (χ2n) is 9.51. The second-order valence-corrected chi connectivity index (χ2v) is 9.51. The maximum Gasteiger partial charge on any atom is 0.417 e. The molecule has 34 heavy (non-hydrogen) atoms. The van der Waals surface area contributed by atoms with E-state index in [-0.39, 0.29) is 29.4 Å². The highest BCUT2D eigenvalue weighted by Gasteiger charge is 2.49. The van der Waals surface area contributed by atoms with Crippen molar-refractivity contribution >= 4 is 11.6 Å². The number of aliphatic hydroxyl groups is 1. The molecule has 0 saturated carbocycles. The fourth-order valence-corrected chi connectivity index (χ4v) is 5.30. The van der Waals surface area contributed by atoms with Gasteiger partial charge in [-0.1, -0.05) is 29.8 Å². The van der Waals surface area contributed by atoms with E-state index in [2.05, 4.69) is 0 Å². The summed E-state index contributed by atoms with van der Waals surface area (Å²) in [4.78, 5) is 16.7. The minimum absolute atomic E-state index is 0.0244. The number of nitrogens with zero attached hydrogens (tertiary/aromatic N) is 3. The summed E-state index contributed by atoms with van der Waals surface area (Å²) in [5.41, 5.74) is 0.972. The Morgan fingerprint density at radius 3 is 2.44 bits per heavy atom. The number of amides is 1. The normalized spacial score (nSPS) is 19.9. The second kappa shape index (κ2) is 9.30. The molecule has 2 saturated heterocycles. The number of rotatable bonds is 4. The zero-order valence-electron chi connectivity index (χ0n) is 19.1. The third-order valence-electron chi connectivity index (χ3n) is 7.41. The minimum Gasteiger partial charge on any atom is -0.396 e. The first-order chi connectivity index (χ1) is 16.1. The Balaban J connectivity index is 1.45. The van der Waals surface area contributed by atoms with Gasteiger partial charge in [-0.25, -0.2) is 0 Å². The van der Waals surface area contributed by atoms with Crippen molar-refractivity contribution in [2.45, 2.75) is 32.4 Å². The molecule has 0 aliphatic carbocycles. The summed E-state index contributed by atoms with van der Waals surface area (Å²) in [7, 11) is 0. The topological polar surface area (TPSA) is 67.6 Å². The maximum atomic E-state index is 13.4. The quantitative estimate of drug-likeness (QED) is 0.727. The fourth-order valence-electron chi connectivity index (χ4n) is 5.30. The Bertz CT molecular complexity index is 1080. The Labute approximate surface area is 197 Å². The molecule has 0 radical (unpaired) electrons. The van der Waals surface area contributed by atoms with E-state index >= 15 is 0 Å². The molecular weight excluding hydrogens is 443 g/mol. The molecule has 8 heteroatoms. The molecule has 5 nitrogen and oxygen atoms in total. The molecule has 180 valence electrons. The van der Waals surface area contributed by atoms with Gasteiger partial charge in [-0.05, 0) is 48.9 Å². The standard InChI is InChI=1S/C26H28F3N3O2/c1-18-2-4-19(5-3-18)12-24(34)32-15-21(16-33)25(17-32)8-10-31(11-9-25)22-7-6-20(14-30)23(13-22)26(27,28)29/h2-7,13,21,33H,8-12,15-17H2,1H3. The molecule has 1 unspecified atom stereocenters. The van der Waals surface area contributed by atoms with Crippen LogP contribution in [0.1, 0.15) is 35.1 Å². The number of halogens is 3. The highest BCUT2D eigenvalue weighted by Crippen LogP contribution is 2.46. The van der Waals surface area contributed by atoms with Crippen molar-refractivity contribution in [1.29, 1.82) is 5.26 Å². The number of carbonyl (C=O) groups is 1. The highest BCUT2D eigenvalue weighted by molar-refractivity contribution is 5.79. The number of piperidine rings is 1. The first-order valence-electron chi connectivity index (χ1n) is 11.5. The van der Waals surface area contributed by atoms with Crippen molar-refractivity contribution < 1.29 is 23.1 Å². The number of likely N-dealkylation sites (tertiary alicyclic amines) is 1. The van der Waals surface area contributed by atoms with Crippen molar-refractivity contribution in [2.24, 2.45) is 11.3 Å². The van der Waals surface area contributed by atoms with E-state index in [0.717, 1.165) is 17.2 Å². The lowest BCUT2D eigenvalue weighted by Gasteiger charge is -2.43. The van der Waals surface area contributed by atoms with Crippen molar-refractivity contribution in [3.8, 4) is 6.07 Å². The molecule has 2 heterocycles. The van der Waals surface area contributed by atoms with Gasteiger partial charge in [0.1, 0.15) is 0 Å². The molecule has 2 aliphatic heterocycles. The first kappa shape index (κ1) is 24.1. The number of carbonyl (C=O) groups excluding carboxylic acids is 1. The molecule has 1 N–H and O–H groups in total. The van der Waals surface area contributed by atoms with Crippen LogP contribution >= 0.6 is 0 Å². The van der Waals surface area contributed by atoms with Crippen molar-refractivity contribution in [3.05, 3.63) is 64.7 Å². The van der Waals surface area contributed by atoms with Crippen molar-refractivity contribution in [2.75, 3.05) is 37.7 Å². The predicted octanol–water partition coefficient (Wildman–Crippen LogP) is 4.17. The lowest BCUT2D eigenvalue weighted by atomic mass is 9.71. The predicted molar refractivity (Wildman–Crippen MR) is 122 cm³/mol. The number of anilines is 1. The van der Waals surface area contributed by atoms with Crippen LogP contribution in [0.5, 0.6) is 0 Å². The molecule has 2 aromatic rings. The number of aliphatic hydroxyl groups excluding tert-OH is 1. The molecule has 1 atom stereocenters. The average Bonchev–Trinajstić information content (AvgIpc) is 3.18. The number of nitriles is 1. The van der Waals surface area contributed by atoms with Crippen LogP contribution in [-0.2, 0) is 17.4 Å². The molecule has 2 fully saturated rings. The van der Waals surface area contributed by atoms with E-state index < -0.39 is 11.7 Å². The summed E-state index contributed by atoms with van der Waals surface area (Å²) in [5.74, 6) is -0.0214. The molecule has 0 bridgehead atoms. The number of hydrogen-bond donors (Lipinski definition) is 1. The third-order valence-corrected chi connectivity index (χ3v) is 7.41. The van der Waals surface area contributed by atoms with Gasteiger partial charge in [0.25, 0.3) is 0 Å². The van der Waals surface area contributed by atoms with Crippen molar-refractivity contribution in [3.63, 3.8) is 0 Å². The molecule has 1 amide bonds. The zero-order chi connectivity index (χ0) is 24.5. The van der Waals surface area contributed by atoms with E-state index in [4.69, 9.17) is 5.26 Å². The van der Waals surface area contributed by atoms with Crippen LogP contribution in [0.15, 0.2) is 42.5 Å². The highest BCUT2D eigenvalue weighted by atomic mass is 19.4. The van der Waals surface area contributed by atoms with Crippen molar-refractivity contribution in [1.82, 2.24) is 4.90 Å². The summed E-state index contributed by atoms with van der Waals surface area (Å²) < 4.78 is 40.1. The first-order valence-corrected chi connectivity index (χ1v) is 11.5. The maximum absolute atomic E-state index is 13.4. The largest absolute Gasteiger partial charge is 0.417 e. The Kier molecular flexibility index (Phi) is 6.59. The molecule has 2 aromatic carbocycles. The van der Waals surface area contributed by atoms with Crippen LogP contribution in [-0.4, -0.2) is 48.7 Å². The monoisotopic (exact) mass is 471 g/mol. The van der Waals surface area contributed by atoms with E-state index in [1.165, 1.54) is 6.07 Å². The smallest absolute Gasteiger partial charge is 0.396 e. The summed E-state index contributed by atoms with van der Waals surface area (Å²) in [6, 6.07) is 13.3. The zero-order valence-corrected chi connectivity index (χ0v) is 19.1. The molecule has 4 rings (SSSR count). The summed E-state index contributed by atoms with van der Waals surface area (Å²) in [6.07, 6.45) is -2.93. The van der Waals surface area contributed by atoms with Crippen LogP contribution in [0.2, 0.25) is 0 Å². The summed E-state index contributed by atoms with van der Waals surface area (Å²) in [6.45, 7) is 4.08. The summed E-state index contributed by atoms with van der Waals surface area (Å²) >= 11 is 0. The molecule has 0 aromatic heterocycles. The van der Waals surface area contributed by atoms with Gasteiger partial charge in [0.05, 0.1) is 23.6 Å². The van der Waals surface area contributed by atoms with Gasteiger partial charge < -0.3 is 14.9 Å². The van der Waals surface area contributed by atoms with Gasteiger partial charge in [-0.15, -0.1) is 0 Å². The number of aryl methyl sites for hydroxylation is 1. The Morgan fingerprint density at radius 2 is 1.85 bits per heavy atom. The van der Waals surface area contributed by atoms with E-state index in [9.17, 15) is 23.1 Å². The van der Waals surface area contributed by atoms with E-state index in [0.29, 0.717) is 51.1 Å². The van der Waals surface area contributed by atoms with Gasteiger partial charge in [0.15, 0.2) is 0 Å². The Hall–Kier alpha value is -3.05. The van der Waals surface area contributed by atoms with Crippen LogP contribution < -0.4 is 4.90 Å². The van der Waals surface area contributed by atoms with Crippen LogP contribution in [0.4, 0.5) is 18.9 Å². The van der Waals surface area contributed by atoms with E-state index in [1.807, 2.05) is 41.0 Å². The molecule has 2 aliphatic rings. The Morgan fingerprint density at radius 1 is 1.18 bits per heavy atom. The lowest BCUT2D eigenvalue weighted by Crippen LogP contribution is -2.45. The van der Waals surface area contributed by atoms with Gasteiger partial charge in [-0.2, -0.15) is 18.4 Å².